The largest absolute Gasteiger partial charge is 0.222 e. The number of nitrogens with zero attached hydrogens (tertiary/aromatic N) is 1. The van der Waals surface area contributed by atoms with Crippen LogP contribution < -0.4 is 4.57 Å². The fraction of sp³-hybridized carbons (Fsp3) is 0.207. The molecule has 0 N–H and O–H groups in total. The van der Waals surface area contributed by atoms with Crippen LogP contribution in [0.1, 0.15) is 36.5 Å². The van der Waals surface area contributed by atoms with Gasteiger partial charge in [0.1, 0.15) is 7.05 Å². The number of aryl methyl sites for hydroxylation is 3. The van der Waals surface area contributed by atoms with Crippen molar-refractivity contribution in [3.8, 4) is 11.3 Å². The predicted molar refractivity (Wildman–Crippen MR) is 133 cm³/mol. The second-order valence-corrected chi connectivity index (χ2v) is 10.2. The predicted octanol–water partition coefficient (Wildman–Crippen LogP) is 7.84. The number of benzene rings is 4. The van der Waals surface area contributed by atoms with Crippen molar-refractivity contribution in [1.29, 1.82) is 0 Å². The van der Waals surface area contributed by atoms with Crippen LogP contribution in [0.3, 0.4) is 0 Å². The zero-order chi connectivity index (χ0) is 21.4. The minimum absolute atomic E-state index is 0.533. The van der Waals surface area contributed by atoms with Crippen LogP contribution in [0.4, 0.5) is 0 Å². The van der Waals surface area contributed by atoms with Gasteiger partial charge in [0.15, 0.2) is 6.20 Å². The Balaban J connectivity index is 1.81. The number of pyridine rings is 1. The number of fused-ring (bicyclic) bond motifs is 5. The molecule has 0 fully saturated rings. The first-order chi connectivity index (χ1) is 15.0. The summed E-state index contributed by atoms with van der Waals surface area (Å²) in [5.41, 5.74) is 6.93. The van der Waals surface area contributed by atoms with E-state index in [-0.39, 0.29) is 0 Å². The van der Waals surface area contributed by atoms with Gasteiger partial charge in [0.05, 0.1) is 10.9 Å². The Kier molecular flexibility index (Phi) is 4.01. The van der Waals surface area contributed by atoms with Gasteiger partial charge >= 0.3 is 0 Å². The van der Waals surface area contributed by atoms with Crippen molar-refractivity contribution >= 4 is 44.1 Å². The lowest BCUT2D eigenvalue weighted by Gasteiger charge is -2.24. The third-order valence-electron chi connectivity index (χ3n) is 7.00. The molecule has 2 heterocycles. The average Bonchev–Trinajstić information content (AvgIpc) is 2.78. The van der Waals surface area contributed by atoms with Crippen molar-refractivity contribution < 1.29 is 4.57 Å². The Morgan fingerprint density at radius 3 is 2.26 bits per heavy atom. The summed E-state index contributed by atoms with van der Waals surface area (Å²) in [6, 6.07) is 20.6. The summed E-state index contributed by atoms with van der Waals surface area (Å²) in [5.74, 6) is 0.533. The Morgan fingerprint density at radius 2 is 1.52 bits per heavy atom. The van der Waals surface area contributed by atoms with Crippen molar-refractivity contribution in [3.05, 3.63) is 77.5 Å². The summed E-state index contributed by atoms with van der Waals surface area (Å²) in [6.45, 7) is 9.13. The molecule has 0 radical (unpaired) electrons. The zero-order valence-corrected chi connectivity index (χ0v) is 19.5. The number of hydrogen-bond donors (Lipinski definition) is 0. The summed E-state index contributed by atoms with van der Waals surface area (Å²) < 4.78 is 2.32. The highest BCUT2D eigenvalue weighted by molar-refractivity contribution is 8.00. The van der Waals surface area contributed by atoms with E-state index in [0.29, 0.717) is 5.92 Å². The van der Waals surface area contributed by atoms with Gasteiger partial charge < -0.3 is 0 Å². The van der Waals surface area contributed by atoms with Crippen LogP contribution in [0.5, 0.6) is 0 Å². The lowest BCUT2D eigenvalue weighted by atomic mass is 9.90. The second kappa shape index (κ2) is 6.58. The zero-order valence-electron chi connectivity index (χ0n) is 18.7. The Labute approximate surface area is 187 Å². The highest BCUT2D eigenvalue weighted by Crippen LogP contribution is 2.53. The minimum Gasteiger partial charge on any atom is -0.200 e. The van der Waals surface area contributed by atoms with Crippen LogP contribution in [-0.2, 0) is 7.05 Å². The smallest absolute Gasteiger partial charge is 0.200 e. The Hall–Kier alpha value is -2.84. The Morgan fingerprint density at radius 1 is 0.774 bits per heavy atom. The van der Waals surface area contributed by atoms with E-state index in [1.54, 1.807) is 0 Å². The lowest BCUT2D eigenvalue weighted by molar-refractivity contribution is -0.659. The average molecular weight is 421 g/mol. The van der Waals surface area contributed by atoms with E-state index in [1.165, 1.54) is 70.1 Å². The third kappa shape index (κ3) is 2.55. The first-order valence-corrected chi connectivity index (χ1v) is 11.9. The van der Waals surface area contributed by atoms with Gasteiger partial charge in [-0.3, -0.25) is 0 Å². The van der Waals surface area contributed by atoms with E-state index in [0.717, 1.165) is 0 Å². The molecule has 152 valence electrons. The second-order valence-electron chi connectivity index (χ2n) is 9.18. The molecule has 0 bridgehead atoms. The van der Waals surface area contributed by atoms with E-state index >= 15 is 0 Å². The summed E-state index contributed by atoms with van der Waals surface area (Å²) >= 11 is 1.97. The number of aromatic nitrogens is 1. The maximum Gasteiger partial charge on any atom is 0.222 e. The van der Waals surface area contributed by atoms with Gasteiger partial charge in [0.25, 0.3) is 0 Å². The van der Waals surface area contributed by atoms with E-state index in [4.69, 9.17) is 0 Å². The van der Waals surface area contributed by atoms with Crippen LogP contribution in [-0.4, -0.2) is 0 Å². The molecule has 6 rings (SSSR count). The monoisotopic (exact) mass is 420 g/mol. The SMILES string of the molecule is Cc1c2c(c(C)c3ccccc13)-c1c3c(c4ccc(C(C)C)cc4cc3cc[n+]1C)S2. The normalized spacial score (nSPS) is 12.8. The molecule has 0 spiro atoms. The highest BCUT2D eigenvalue weighted by Gasteiger charge is 2.31. The van der Waals surface area contributed by atoms with Gasteiger partial charge in [-0.15, -0.1) is 0 Å². The standard InChI is InChI=1S/C29H26NS/c1-16(2)19-10-11-24-21(14-19)15-20-12-13-30(5)27-25-17(3)22-8-6-7-9-23(22)18(4)28(25)31-29(24)26(20)27/h6-16H,1-5H3/q+1. The van der Waals surface area contributed by atoms with Crippen molar-refractivity contribution in [2.45, 2.75) is 43.4 Å². The van der Waals surface area contributed by atoms with Crippen molar-refractivity contribution in [2.24, 2.45) is 7.05 Å². The molecule has 0 atom stereocenters. The minimum atomic E-state index is 0.533. The molecule has 0 amide bonds. The van der Waals surface area contributed by atoms with Crippen LogP contribution >= 0.6 is 11.8 Å². The molecule has 0 aliphatic carbocycles. The van der Waals surface area contributed by atoms with E-state index in [9.17, 15) is 0 Å². The van der Waals surface area contributed by atoms with Gasteiger partial charge in [-0.1, -0.05) is 68.1 Å². The summed E-state index contributed by atoms with van der Waals surface area (Å²) in [4.78, 5) is 2.81. The molecule has 1 aliphatic rings. The molecule has 1 aliphatic heterocycles. The van der Waals surface area contributed by atoms with Crippen LogP contribution in [0, 0.1) is 13.8 Å². The third-order valence-corrected chi connectivity index (χ3v) is 8.34. The van der Waals surface area contributed by atoms with Gasteiger partial charge in [0.2, 0.25) is 5.69 Å². The maximum atomic E-state index is 2.39. The fourth-order valence-electron chi connectivity index (χ4n) is 5.26. The van der Waals surface area contributed by atoms with Crippen LogP contribution in [0.15, 0.2) is 70.6 Å². The topological polar surface area (TPSA) is 3.88 Å². The summed E-state index contributed by atoms with van der Waals surface area (Å²) in [7, 11) is 2.19. The maximum absolute atomic E-state index is 2.39. The van der Waals surface area contributed by atoms with Crippen LogP contribution in [0.2, 0.25) is 0 Å². The molecule has 1 aromatic heterocycles. The van der Waals surface area contributed by atoms with Gasteiger partial charge in [0, 0.05) is 15.9 Å². The molecule has 1 nitrogen and oxygen atoms in total. The quantitative estimate of drug-likeness (QED) is 0.193. The molecule has 31 heavy (non-hydrogen) atoms. The van der Waals surface area contributed by atoms with Gasteiger partial charge in [-0.2, -0.15) is 0 Å². The van der Waals surface area contributed by atoms with E-state index in [2.05, 4.69) is 100 Å². The van der Waals surface area contributed by atoms with Crippen molar-refractivity contribution in [1.82, 2.24) is 0 Å². The molecular weight excluding hydrogens is 394 g/mol. The first kappa shape index (κ1) is 18.9. The highest BCUT2D eigenvalue weighted by atomic mass is 32.2. The summed E-state index contributed by atoms with van der Waals surface area (Å²) in [6.07, 6.45) is 2.23. The van der Waals surface area contributed by atoms with E-state index in [1.807, 2.05) is 11.8 Å². The summed E-state index contributed by atoms with van der Waals surface area (Å²) in [5, 5.41) is 8.17. The van der Waals surface area contributed by atoms with Crippen molar-refractivity contribution in [2.75, 3.05) is 0 Å². The van der Waals surface area contributed by atoms with E-state index < -0.39 is 0 Å². The van der Waals surface area contributed by atoms with Gasteiger partial charge in [-0.25, -0.2) is 4.57 Å². The molecule has 0 saturated heterocycles. The van der Waals surface area contributed by atoms with Crippen LogP contribution in [0.25, 0.3) is 43.6 Å². The molecule has 0 saturated carbocycles. The Bertz CT molecular complexity index is 1560. The molecule has 0 unspecified atom stereocenters. The fourth-order valence-corrected chi connectivity index (χ4v) is 6.70. The number of rotatable bonds is 1. The molecule has 2 heteroatoms. The number of hydrogen-bond acceptors (Lipinski definition) is 1. The molecule has 5 aromatic rings. The molecular formula is C29H26NS+. The lowest BCUT2D eigenvalue weighted by Crippen LogP contribution is -2.31. The van der Waals surface area contributed by atoms with Gasteiger partial charge in [-0.05, 0) is 69.5 Å². The molecule has 4 aromatic carbocycles. The van der Waals surface area contributed by atoms with Crippen molar-refractivity contribution in [3.63, 3.8) is 0 Å². The first-order valence-electron chi connectivity index (χ1n) is 11.0.